The van der Waals surface area contributed by atoms with E-state index in [1.165, 1.54) is 6.20 Å². The molecule has 1 saturated heterocycles. The number of carbonyl (C=O) groups is 1. The van der Waals surface area contributed by atoms with E-state index in [2.05, 4.69) is 22.2 Å². The highest BCUT2D eigenvalue weighted by atomic mass is 19.1. The highest BCUT2D eigenvalue weighted by Crippen LogP contribution is 2.44. The standard InChI is InChI=1S/C21H23FN4O5/c1-23-15-5-3-4-11-7-25(8-13(11)15)18-14(22)6-12-17-20(18)30-10-24(2)26(17)9-16(19(12)27)31-21(28)29/h3-4,6,9,11,13,15,23H,5,7-8,10H2,1-2H3,(H,28,29). The van der Waals surface area contributed by atoms with Gasteiger partial charge in [0.15, 0.2) is 18.3 Å². The summed E-state index contributed by atoms with van der Waals surface area (Å²) in [5.74, 6) is -0.0334. The fraction of sp³-hybridized carbons (Fsp3) is 0.429. The third kappa shape index (κ3) is 3.01. The van der Waals surface area contributed by atoms with Crippen LogP contribution in [0.4, 0.5) is 14.9 Å². The SMILES string of the molecule is CNC1CC=CC2CN(c3c(F)cc4c(=O)c(OC(=O)O)cn5c4c3OCN5C)CC21. The first kappa shape index (κ1) is 19.7. The number of carboxylic acid groups (broad SMARTS) is 1. The van der Waals surface area contributed by atoms with Gasteiger partial charge in [-0.1, -0.05) is 12.2 Å². The zero-order valence-electron chi connectivity index (χ0n) is 17.2. The lowest BCUT2D eigenvalue weighted by Gasteiger charge is -2.33. The van der Waals surface area contributed by atoms with Gasteiger partial charge in [0.05, 0.1) is 11.6 Å². The van der Waals surface area contributed by atoms with Gasteiger partial charge in [-0.25, -0.2) is 9.18 Å². The van der Waals surface area contributed by atoms with Crippen LogP contribution in [0, 0.1) is 17.7 Å². The Kier molecular flexibility index (Phi) is 4.54. The summed E-state index contributed by atoms with van der Waals surface area (Å²) < 4.78 is 27.6. The molecule has 1 fully saturated rings. The normalized spacial score (nSPS) is 24.3. The zero-order valence-corrected chi connectivity index (χ0v) is 17.2. The van der Waals surface area contributed by atoms with Crippen molar-refractivity contribution in [2.45, 2.75) is 12.5 Å². The van der Waals surface area contributed by atoms with Crippen LogP contribution in [0.25, 0.3) is 10.9 Å². The minimum Gasteiger partial charge on any atom is -0.467 e. The van der Waals surface area contributed by atoms with Gasteiger partial charge in [-0.05, 0) is 25.5 Å². The average Bonchev–Trinajstić information content (AvgIpc) is 3.16. The molecule has 1 aromatic heterocycles. The molecule has 0 radical (unpaired) electrons. The quantitative estimate of drug-likeness (QED) is 0.561. The van der Waals surface area contributed by atoms with E-state index in [4.69, 9.17) is 9.84 Å². The molecule has 2 aromatic rings. The molecule has 1 aromatic carbocycles. The van der Waals surface area contributed by atoms with Crippen molar-refractivity contribution < 1.29 is 23.8 Å². The second-order valence-electron chi connectivity index (χ2n) is 8.19. The maximum absolute atomic E-state index is 15.4. The van der Waals surface area contributed by atoms with E-state index >= 15 is 4.39 Å². The van der Waals surface area contributed by atoms with Crippen molar-refractivity contribution in [2.24, 2.45) is 11.8 Å². The van der Waals surface area contributed by atoms with Crippen molar-refractivity contribution in [3.63, 3.8) is 0 Å². The third-order valence-electron chi connectivity index (χ3n) is 6.47. The Morgan fingerprint density at radius 3 is 2.94 bits per heavy atom. The highest BCUT2D eigenvalue weighted by molar-refractivity contribution is 5.93. The summed E-state index contributed by atoms with van der Waals surface area (Å²) in [4.78, 5) is 25.8. The monoisotopic (exact) mass is 430 g/mol. The first-order valence-electron chi connectivity index (χ1n) is 10.1. The summed E-state index contributed by atoms with van der Waals surface area (Å²) in [6.45, 7) is 1.42. The fourth-order valence-corrected chi connectivity index (χ4v) is 5.03. The number of hydrogen-bond acceptors (Lipinski definition) is 7. The Morgan fingerprint density at radius 2 is 2.19 bits per heavy atom. The molecule has 0 spiro atoms. The second-order valence-corrected chi connectivity index (χ2v) is 8.19. The minimum atomic E-state index is -1.61. The number of rotatable bonds is 3. The number of benzene rings is 1. The summed E-state index contributed by atoms with van der Waals surface area (Å²) in [6, 6.07) is 1.47. The molecule has 0 amide bonds. The first-order valence-corrected chi connectivity index (χ1v) is 10.1. The van der Waals surface area contributed by atoms with E-state index < -0.39 is 17.4 Å². The Balaban J connectivity index is 1.67. The van der Waals surface area contributed by atoms with Gasteiger partial charge < -0.3 is 24.8 Å². The number of pyridine rings is 1. The lowest BCUT2D eigenvalue weighted by molar-refractivity contribution is 0.143. The van der Waals surface area contributed by atoms with E-state index in [1.54, 1.807) is 16.7 Å². The van der Waals surface area contributed by atoms with Crippen LogP contribution in [-0.4, -0.2) is 55.9 Å². The molecule has 0 bridgehead atoms. The molecule has 3 unspecified atom stereocenters. The highest BCUT2D eigenvalue weighted by Gasteiger charge is 2.40. The zero-order chi connectivity index (χ0) is 21.9. The number of nitrogens with zero attached hydrogens (tertiary/aromatic N) is 3. The molecule has 0 saturated carbocycles. The van der Waals surface area contributed by atoms with Crippen molar-refractivity contribution >= 4 is 22.7 Å². The molecule has 3 atom stereocenters. The van der Waals surface area contributed by atoms with Gasteiger partial charge in [0.25, 0.3) is 0 Å². The van der Waals surface area contributed by atoms with Crippen LogP contribution < -0.4 is 30.1 Å². The maximum atomic E-state index is 15.4. The number of hydrogen-bond donors (Lipinski definition) is 2. The van der Waals surface area contributed by atoms with Crippen LogP contribution in [0.3, 0.4) is 0 Å². The van der Waals surface area contributed by atoms with Crippen molar-refractivity contribution in [1.82, 2.24) is 9.99 Å². The smallest absolute Gasteiger partial charge is 0.467 e. The Bertz CT molecular complexity index is 1160. The molecule has 3 aliphatic rings. The Morgan fingerprint density at radius 1 is 1.39 bits per heavy atom. The van der Waals surface area contributed by atoms with Crippen LogP contribution in [-0.2, 0) is 0 Å². The molecule has 1 aliphatic carbocycles. The molecule has 9 nitrogen and oxygen atoms in total. The van der Waals surface area contributed by atoms with E-state index in [0.717, 1.165) is 12.5 Å². The average molecular weight is 430 g/mol. The van der Waals surface area contributed by atoms with Crippen LogP contribution in [0.5, 0.6) is 11.5 Å². The molecule has 2 N–H and O–H groups in total. The number of fused-ring (bicyclic) bond motifs is 1. The summed E-state index contributed by atoms with van der Waals surface area (Å²) >= 11 is 0. The molecular formula is C21H23FN4O5. The summed E-state index contributed by atoms with van der Waals surface area (Å²) in [7, 11) is 3.66. The molecule has 2 aliphatic heterocycles. The largest absolute Gasteiger partial charge is 0.511 e. The van der Waals surface area contributed by atoms with Crippen LogP contribution in [0.2, 0.25) is 0 Å². The van der Waals surface area contributed by atoms with Crippen molar-refractivity contribution in [3.05, 3.63) is 40.5 Å². The summed E-state index contributed by atoms with van der Waals surface area (Å²) in [5.41, 5.74) is 0.0225. The van der Waals surface area contributed by atoms with Gasteiger partial charge in [0.2, 0.25) is 11.2 Å². The Hall–Kier alpha value is -3.27. The summed E-state index contributed by atoms with van der Waals surface area (Å²) in [6.07, 6.45) is 4.99. The van der Waals surface area contributed by atoms with Gasteiger partial charge in [0.1, 0.15) is 11.2 Å². The van der Waals surface area contributed by atoms with E-state index in [9.17, 15) is 9.59 Å². The first-order chi connectivity index (χ1) is 14.9. The van der Waals surface area contributed by atoms with E-state index in [-0.39, 0.29) is 23.6 Å². The Labute approximate surface area is 177 Å². The van der Waals surface area contributed by atoms with Gasteiger partial charge in [-0.2, -0.15) is 0 Å². The molecular weight excluding hydrogens is 407 g/mol. The predicted molar refractivity (Wildman–Crippen MR) is 112 cm³/mol. The van der Waals surface area contributed by atoms with Gasteiger partial charge in [-0.15, -0.1) is 0 Å². The van der Waals surface area contributed by atoms with Crippen LogP contribution in [0.1, 0.15) is 6.42 Å². The summed E-state index contributed by atoms with van der Waals surface area (Å²) in [5, 5.41) is 14.0. The number of halogens is 1. The van der Waals surface area contributed by atoms with Crippen LogP contribution >= 0.6 is 0 Å². The van der Waals surface area contributed by atoms with Gasteiger partial charge in [-0.3, -0.25) is 14.5 Å². The molecule has 164 valence electrons. The van der Waals surface area contributed by atoms with Crippen molar-refractivity contribution in [2.75, 3.05) is 43.8 Å². The molecule has 10 heteroatoms. The third-order valence-corrected chi connectivity index (χ3v) is 6.47. The maximum Gasteiger partial charge on any atom is 0.511 e. The predicted octanol–water partition coefficient (Wildman–Crippen LogP) is 1.72. The molecule has 5 rings (SSSR count). The van der Waals surface area contributed by atoms with E-state index in [0.29, 0.717) is 42.2 Å². The number of aromatic nitrogens is 1. The number of ether oxygens (including phenoxy) is 2. The van der Waals surface area contributed by atoms with E-state index in [1.807, 2.05) is 11.9 Å². The second kappa shape index (κ2) is 7.16. The topological polar surface area (TPSA) is 96.3 Å². The number of nitrogens with one attached hydrogen (secondary N) is 1. The minimum absolute atomic E-state index is 0.00570. The van der Waals surface area contributed by atoms with Crippen molar-refractivity contribution in [3.8, 4) is 11.5 Å². The molecule has 31 heavy (non-hydrogen) atoms. The van der Waals surface area contributed by atoms with Gasteiger partial charge in [0, 0.05) is 32.1 Å². The molecule has 3 heterocycles. The number of anilines is 1. The van der Waals surface area contributed by atoms with Gasteiger partial charge >= 0.3 is 6.16 Å². The fourth-order valence-electron chi connectivity index (χ4n) is 5.03. The lowest BCUT2D eigenvalue weighted by Crippen LogP contribution is -2.40. The van der Waals surface area contributed by atoms with Crippen LogP contribution in [0.15, 0.2) is 29.2 Å². The lowest BCUT2D eigenvalue weighted by atomic mass is 9.83. The van der Waals surface area contributed by atoms with Crippen molar-refractivity contribution in [1.29, 1.82) is 0 Å².